The van der Waals surface area contributed by atoms with Crippen molar-refractivity contribution < 1.29 is 0 Å². The number of unbranched alkanes of at least 4 members (excludes halogenated alkanes) is 6. The van der Waals surface area contributed by atoms with Crippen LogP contribution in [0.3, 0.4) is 0 Å². The SMILES string of the molecule is [CH2]CC=CCCCCCCCC=CCC. The predicted molar refractivity (Wildman–Crippen MR) is 70.9 cm³/mol. The zero-order valence-electron chi connectivity index (χ0n) is 10.4. The number of hydrogen-bond donors (Lipinski definition) is 0. The van der Waals surface area contributed by atoms with Gasteiger partial charge in [-0.25, -0.2) is 0 Å². The molecular formula is C15H27. The van der Waals surface area contributed by atoms with Gasteiger partial charge >= 0.3 is 0 Å². The number of hydrogen-bond acceptors (Lipinski definition) is 0. The Morgan fingerprint density at radius 3 is 1.80 bits per heavy atom. The summed E-state index contributed by atoms with van der Waals surface area (Å²) in [6.45, 7) is 5.97. The van der Waals surface area contributed by atoms with Crippen molar-refractivity contribution in [1.29, 1.82) is 0 Å². The summed E-state index contributed by atoms with van der Waals surface area (Å²) in [6, 6.07) is 0. The molecule has 0 saturated carbocycles. The first-order chi connectivity index (χ1) is 7.41. The summed E-state index contributed by atoms with van der Waals surface area (Å²) in [5.74, 6) is 0. The fourth-order valence-corrected chi connectivity index (χ4v) is 1.57. The third kappa shape index (κ3) is 13.5. The molecule has 0 spiro atoms. The fourth-order valence-electron chi connectivity index (χ4n) is 1.57. The second-order valence-corrected chi connectivity index (χ2v) is 3.98. The largest absolute Gasteiger partial charge is 0.0888 e. The van der Waals surface area contributed by atoms with E-state index in [1.165, 1.54) is 51.4 Å². The Kier molecular flexibility index (Phi) is 13.0. The molecular weight excluding hydrogens is 180 g/mol. The summed E-state index contributed by atoms with van der Waals surface area (Å²) in [5, 5.41) is 0. The highest BCUT2D eigenvalue weighted by molar-refractivity contribution is 4.82. The standard InChI is InChI=1S/C15H27/c1-3-5-7-9-11-13-15-14-12-10-8-6-4-2/h5-8H,1,3-4,9-15H2,2H3. The van der Waals surface area contributed by atoms with Crippen LogP contribution in [0.15, 0.2) is 24.3 Å². The number of allylic oxidation sites excluding steroid dienone is 4. The van der Waals surface area contributed by atoms with Crippen LogP contribution in [0.1, 0.15) is 64.7 Å². The van der Waals surface area contributed by atoms with Crippen LogP contribution in [0, 0.1) is 6.92 Å². The molecule has 0 heterocycles. The maximum atomic E-state index is 3.78. The molecule has 0 heteroatoms. The van der Waals surface area contributed by atoms with E-state index in [1.54, 1.807) is 0 Å². The Balaban J connectivity index is 2.98. The van der Waals surface area contributed by atoms with Crippen molar-refractivity contribution in [3.8, 4) is 0 Å². The van der Waals surface area contributed by atoms with Gasteiger partial charge in [-0.15, -0.1) is 0 Å². The monoisotopic (exact) mass is 207 g/mol. The van der Waals surface area contributed by atoms with Gasteiger partial charge in [-0.05, 0) is 45.4 Å². The minimum atomic E-state index is 0.934. The maximum Gasteiger partial charge on any atom is -0.0351 e. The summed E-state index contributed by atoms with van der Waals surface area (Å²) >= 11 is 0. The quantitative estimate of drug-likeness (QED) is 0.329. The van der Waals surface area contributed by atoms with Crippen molar-refractivity contribution in [1.82, 2.24) is 0 Å². The van der Waals surface area contributed by atoms with E-state index in [-0.39, 0.29) is 0 Å². The molecule has 0 rings (SSSR count). The molecule has 87 valence electrons. The molecule has 0 fully saturated rings. The third-order valence-corrected chi connectivity index (χ3v) is 2.48. The first-order valence-electron chi connectivity index (χ1n) is 6.51. The van der Waals surface area contributed by atoms with Crippen LogP contribution in [0.25, 0.3) is 0 Å². The van der Waals surface area contributed by atoms with Gasteiger partial charge in [0.15, 0.2) is 0 Å². The zero-order chi connectivity index (χ0) is 11.2. The smallest absolute Gasteiger partial charge is 0.0351 e. The topological polar surface area (TPSA) is 0 Å². The Hall–Kier alpha value is -0.520. The lowest BCUT2D eigenvalue weighted by Gasteiger charge is -1.98. The summed E-state index contributed by atoms with van der Waals surface area (Å²) in [6.07, 6.45) is 20.5. The van der Waals surface area contributed by atoms with Gasteiger partial charge in [-0.3, -0.25) is 0 Å². The van der Waals surface area contributed by atoms with Crippen LogP contribution in [-0.2, 0) is 0 Å². The lowest BCUT2D eigenvalue weighted by Crippen LogP contribution is -1.78. The molecule has 0 amide bonds. The van der Waals surface area contributed by atoms with Gasteiger partial charge in [0.05, 0.1) is 0 Å². The highest BCUT2D eigenvalue weighted by atomic mass is 13.9. The highest BCUT2D eigenvalue weighted by Crippen LogP contribution is 2.08. The Bertz CT molecular complexity index is 135. The molecule has 1 radical (unpaired) electrons. The molecule has 0 unspecified atom stereocenters. The molecule has 0 N–H and O–H groups in total. The Morgan fingerprint density at radius 1 is 0.733 bits per heavy atom. The zero-order valence-corrected chi connectivity index (χ0v) is 10.4. The molecule has 0 aromatic heterocycles. The number of rotatable bonds is 10. The first kappa shape index (κ1) is 14.5. The van der Waals surface area contributed by atoms with E-state index < -0.39 is 0 Å². The van der Waals surface area contributed by atoms with Crippen LogP contribution < -0.4 is 0 Å². The van der Waals surface area contributed by atoms with Crippen molar-refractivity contribution in [3.63, 3.8) is 0 Å². The molecule has 0 aromatic carbocycles. The Morgan fingerprint density at radius 2 is 1.27 bits per heavy atom. The second kappa shape index (κ2) is 13.5. The molecule has 0 saturated heterocycles. The van der Waals surface area contributed by atoms with Gasteiger partial charge in [-0.2, -0.15) is 0 Å². The van der Waals surface area contributed by atoms with E-state index in [1.807, 2.05) is 0 Å². The van der Waals surface area contributed by atoms with Crippen LogP contribution in [0.2, 0.25) is 0 Å². The minimum absolute atomic E-state index is 0.934. The van der Waals surface area contributed by atoms with E-state index in [0.717, 1.165) is 6.42 Å². The summed E-state index contributed by atoms with van der Waals surface area (Å²) in [5.41, 5.74) is 0. The van der Waals surface area contributed by atoms with E-state index in [9.17, 15) is 0 Å². The van der Waals surface area contributed by atoms with Crippen LogP contribution in [0.4, 0.5) is 0 Å². The normalized spacial score (nSPS) is 11.9. The van der Waals surface area contributed by atoms with Crippen LogP contribution in [-0.4, -0.2) is 0 Å². The van der Waals surface area contributed by atoms with E-state index in [4.69, 9.17) is 0 Å². The average Bonchev–Trinajstić information content (AvgIpc) is 2.26. The second-order valence-electron chi connectivity index (χ2n) is 3.98. The van der Waals surface area contributed by atoms with Crippen molar-refractivity contribution in [2.24, 2.45) is 0 Å². The van der Waals surface area contributed by atoms with Gasteiger partial charge < -0.3 is 0 Å². The first-order valence-corrected chi connectivity index (χ1v) is 6.51. The Labute approximate surface area is 96.5 Å². The van der Waals surface area contributed by atoms with Gasteiger partial charge in [0.25, 0.3) is 0 Å². The van der Waals surface area contributed by atoms with Crippen molar-refractivity contribution in [3.05, 3.63) is 31.2 Å². The van der Waals surface area contributed by atoms with E-state index in [2.05, 4.69) is 38.2 Å². The molecule has 15 heavy (non-hydrogen) atoms. The van der Waals surface area contributed by atoms with Gasteiger partial charge in [0, 0.05) is 0 Å². The molecule has 0 aliphatic heterocycles. The van der Waals surface area contributed by atoms with Crippen molar-refractivity contribution in [2.75, 3.05) is 0 Å². The van der Waals surface area contributed by atoms with Crippen molar-refractivity contribution in [2.45, 2.75) is 64.7 Å². The van der Waals surface area contributed by atoms with Crippen LogP contribution >= 0.6 is 0 Å². The highest BCUT2D eigenvalue weighted by Gasteiger charge is 1.88. The van der Waals surface area contributed by atoms with Gasteiger partial charge in [0.2, 0.25) is 0 Å². The van der Waals surface area contributed by atoms with Gasteiger partial charge in [0.1, 0.15) is 0 Å². The molecule has 0 bridgehead atoms. The molecule has 0 nitrogen and oxygen atoms in total. The lowest BCUT2D eigenvalue weighted by molar-refractivity contribution is 0.621. The molecule has 0 aromatic rings. The lowest BCUT2D eigenvalue weighted by atomic mass is 10.1. The molecule has 0 aliphatic carbocycles. The summed E-state index contributed by atoms with van der Waals surface area (Å²) < 4.78 is 0. The minimum Gasteiger partial charge on any atom is -0.0888 e. The average molecular weight is 207 g/mol. The van der Waals surface area contributed by atoms with Crippen molar-refractivity contribution >= 4 is 0 Å². The van der Waals surface area contributed by atoms with Crippen LogP contribution in [0.5, 0.6) is 0 Å². The predicted octanol–water partition coefficient (Wildman–Crippen LogP) is 5.46. The summed E-state index contributed by atoms with van der Waals surface area (Å²) in [7, 11) is 0. The molecule has 0 atom stereocenters. The van der Waals surface area contributed by atoms with Gasteiger partial charge in [-0.1, -0.05) is 50.5 Å². The fraction of sp³-hybridized carbons (Fsp3) is 0.667. The van der Waals surface area contributed by atoms with E-state index in [0.29, 0.717) is 0 Å². The van der Waals surface area contributed by atoms with E-state index >= 15 is 0 Å². The third-order valence-electron chi connectivity index (χ3n) is 2.48. The summed E-state index contributed by atoms with van der Waals surface area (Å²) in [4.78, 5) is 0. The molecule has 0 aliphatic rings. The maximum absolute atomic E-state index is 3.78.